The molecule has 29 heavy (non-hydrogen) atoms. The zero-order valence-electron chi connectivity index (χ0n) is 17.0. The van der Waals surface area contributed by atoms with Crippen molar-refractivity contribution in [3.8, 4) is 0 Å². The second-order valence-electron chi connectivity index (χ2n) is 8.92. The first kappa shape index (κ1) is 20.3. The molecular weight excluding hydrogens is 371 g/mol. The molecule has 1 N–H and O–H groups in total. The third-order valence-electron chi connectivity index (χ3n) is 6.87. The molecule has 0 aromatic heterocycles. The van der Waals surface area contributed by atoms with Crippen molar-refractivity contribution in [2.24, 2.45) is 5.92 Å². The molecule has 1 aromatic rings. The summed E-state index contributed by atoms with van der Waals surface area (Å²) >= 11 is 0. The molecule has 5 nitrogen and oxygen atoms in total. The van der Waals surface area contributed by atoms with E-state index in [9.17, 15) is 14.0 Å². The Balaban J connectivity index is 1.21. The van der Waals surface area contributed by atoms with Gasteiger partial charge in [0.05, 0.1) is 11.7 Å². The predicted octanol–water partition coefficient (Wildman–Crippen LogP) is 3.68. The lowest BCUT2D eigenvalue weighted by Gasteiger charge is -2.39. The van der Waals surface area contributed by atoms with E-state index in [0.717, 1.165) is 25.7 Å². The number of hydrogen-bond donors (Lipinski definition) is 1. The van der Waals surface area contributed by atoms with Crippen molar-refractivity contribution < 1.29 is 18.7 Å². The number of ether oxygens (including phenoxy) is 1. The molecule has 4 rings (SSSR count). The average molecular weight is 403 g/mol. The van der Waals surface area contributed by atoms with Gasteiger partial charge in [0.25, 0.3) is 5.91 Å². The number of nitrogens with zero attached hydrogens (tertiary/aromatic N) is 1. The minimum atomic E-state index is -0.333. The summed E-state index contributed by atoms with van der Waals surface area (Å²) in [5, 5.41) is 3.07. The second kappa shape index (κ2) is 8.82. The van der Waals surface area contributed by atoms with Crippen LogP contribution in [0.1, 0.15) is 68.1 Å². The lowest BCUT2D eigenvalue weighted by molar-refractivity contribution is -0.123. The van der Waals surface area contributed by atoms with Crippen molar-refractivity contribution in [3.05, 3.63) is 35.6 Å². The molecule has 2 heterocycles. The molecule has 0 bridgehead atoms. The summed E-state index contributed by atoms with van der Waals surface area (Å²) in [5.74, 6) is 0.337. The van der Waals surface area contributed by atoms with E-state index in [4.69, 9.17) is 4.74 Å². The van der Waals surface area contributed by atoms with Gasteiger partial charge in [-0.15, -0.1) is 0 Å². The molecule has 158 valence electrons. The van der Waals surface area contributed by atoms with Crippen LogP contribution in [-0.4, -0.2) is 48.1 Å². The summed E-state index contributed by atoms with van der Waals surface area (Å²) in [5.41, 5.74) is 0.359. The molecule has 6 heteroatoms. The van der Waals surface area contributed by atoms with Gasteiger partial charge < -0.3 is 15.0 Å². The van der Waals surface area contributed by atoms with Gasteiger partial charge in [-0.2, -0.15) is 0 Å². The Morgan fingerprint density at radius 3 is 2.45 bits per heavy atom. The van der Waals surface area contributed by atoms with E-state index >= 15 is 0 Å². The van der Waals surface area contributed by atoms with Gasteiger partial charge in [0.1, 0.15) is 5.82 Å². The third-order valence-corrected chi connectivity index (χ3v) is 6.87. The molecule has 1 atom stereocenters. The van der Waals surface area contributed by atoms with Crippen molar-refractivity contribution in [1.29, 1.82) is 0 Å². The average Bonchev–Trinajstić information content (AvgIpc) is 3.37. The van der Waals surface area contributed by atoms with Gasteiger partial charge in [-0.05, 0) is 68.7 Å². The van der Waals surface area contributed by atoms with Gasteiger partial charge in [0.15, 0.2) is 0 Å². The fourth-order valence-corrected chi connectivity index (χ4v) is 5.08. The first-order valence-electron chi connectivity index (χ1n) is 11.0. The molecule has 0 unspecified atom stereocenters. The topological polar surface area (TPSA) is 58.6 Å². The number of hydrogen-bond acceptors (Lipinski definition) is 3. The number of likely N-dealkylation sites (tertiary alicyclic amines) is 1. The Bertz CT molecular complexity index is 722. The molecule has 1 aliphatic carbocycles. The second-order valence-corrected chi connectivity index (χ2v) is 8.92. The highest BCUT2D eigenvalue weighted by Gasteiger charge is 2.43. The van der Waals surface area contributed by atoms with Gasteiger partial charge in [0, 0.05) is 31.6 Å². The molecule has 0 radical (unpaired) electrons. The Hall–Kier alpha value is -1.95. The highest BCUT2D eigenvalue weighted by Crippen LogP contribution is 2.39. The Labute approximate surface area is 172 Å². The molecule has 2 saturated heterocycles. The van der Waals surface area contributed by atoms with Crippen LogP contribution in [0.2, 0.25) is 0 Å². The summed E-state index contributed by atoms with van der Waals surface area (Å²) in [4.78, 5) is 26.6. The maximum absolute atomic E-state index is 13.1. The standard InChI is InChI=1S/C23H31FN2O3/c24-19-7-5-18(6-8-19)22(28)26-13-11-23(12-14-26)10-9-20(29-23)16-25-21(27)15-17-3-1-2-4-17/h5-8,17,20H,1-4,9-16H2,(H,25,27)/t20-/m1/s1. The van der Waals surface area contributed by atoms with Crippen LogP contribution in [0, 0.1) is 11.7 Å². The van der Waals surface area contributed by atoms with E-state index in [1.807, 2.05) is 4.90 Å². The van der Waals surface area contributed by atoms with Gasteiger partial charge >= 0.3 is 0 Å². The summed E-state index contributed by atoms with van der Waals surface area (Å²) in [6, 6.07) is 5.73. The predicted molar refractivity (Wildman–Crippen MR) is 108 cm³/mol. The fraction of sp³-hybridized carbons (Fsp3) is 0.652. The number of nitrogens with one attached hydrogen (secondary N) is 1. The molecule has 1 aromatic carbocycles. The molecule has 1 saturated carbocycles. The van der Waals surface area contributed by atoms with E-state index in [-0.39, 0.29) is 29.3 Å². The van der Waals surface area contributed by atoms with Crippen molar-refractivity contribution in [1.82, 2.24) is 10.2 Å². The minimum Gasteiger partial charge on any atom is -0.370 e. The van der Waals surface area contributed by atoms with Crippen molar-refractivity contribution in [3.63, 3.8) is 0 Å². The van der Waals surface area contributed by atoms with Gasteiger partial charge in [-0.25, -0.2) is 4.39 Å². The minimum absolute atomic E-state index is 0.0476. The molecular formula is C23H31FN2O3. The van der Waals surface area contributed by atoms with Gasteiger partial charge in [-0.1, -0.05) is 12.8 Å². The molecule has 1 spiro atoms. The Morgan fingerprint density at radius 2 is 1.76 bits per heavy atom. The summed E-state index contributed by atoms with van der Waals surface area (Å²) in [6.45, 7) is 1.89. The summed E-state index contributed by atoms with van der Waals surface area (Å²) < 4.78 is 19.4. The van der Waals surface area contributed by atoms with Crippen molar-refractivity contribution in [2.45, 2.75) is 69.5 Å². The van der Waals surface area contributed by atoms with E-state index in [2.05, 4.69) is 5.32 Å². The van der Waals surface area contributed by atoms with Crippen LogP contribution < -0.4 is 5.32 Å². The number of carbonyl (C=O) groups excluding carboxylic acids is 2. The number of carbonyl (C=O) groups is 2. The Morgan fingerprint density at radius 1 is 1.07 bits per heavy atom. The van der Waals surface area contributed by atoms with E-state index in [0.29, 0.717) is 37.5 Å². The molecule has 3 aliphatic rings. The van der Waals surface area contributed by atoms with Crippen LogP contribution in [0.5, 0.6) is 0 Å². The third kappa shape index (κ3) is 4.97. The lowest BCUT2D eigenvalue weighted by atomic mass is 9.88. The quantitative estimate of drug-likeness (QED) is 0.817. The number of amides is 2. The number of benzene rings is 1. The number of piperidine rings is 1. The fourth-order valence-electron chi connectivity index (χ4n) is 5.08. The maximum atomic E-state index is 13.1. The van der Waals surface area contributed by atoms with Crippen LogP contribution in [0.4, 0.5) is 4.39 Å². The van der Waals surface area contributed by atoms with Crippen molar-refractivity contribution in [2.75, 3.05) is 19.6 Å². The van der Waals surface area contributed by atoms with Crippen LogP contribution in [0.3, 0.4) is 0 Å². The normalized spacial score (nSPS) is 24.2. The molecule has 2 aliphatic heterocycles. The summed E-state index contributed by atoms with van der Waals surface area (Å²) in [7, 11) is 0. The SMILES string of the molecule is O=C(CC1CCCC1)NC[C@H]1CCC2(CCN(C(=O)c3ccc(F)cc3)CC2)O1. The Kier molecular flexibility index (Phi) is 6.18. The van der Waals surface area contributed by atoms with Crippen molar-refractivity contribution >= 4 is 11.8 Å². The van der Waals surface area contributed by atoms with E-state index in [1.165, 1.54) is 37.8 Å². The molecule has 2 amide bonds. The van der Waals surface area contributed by atoms with Crippen LogP contribution >= 0.6 is 0 Å². The van der Waals surface area contributed by atoms with Gasteiger partial charge in [-0.3, -0.25) is 9.59 Å². The highest BCUT2D eigenvalue weighted by molar-refractivity contribution is 5.94. The summed E-state index contributed by atoms with van der Waals surface area (Å²) in [6.07, 6.45) is 9.16. The van der Waals surface area contributed by atoms with Crippen LogP contribution in [0.15, 0.2) is 24.3 Å². The number of halogens is 1. The maximum Gasteiger partial charge on any atom is 0.253 e. The van der Waals surface area contributed by atoms with Gasteiger partial charge in [0.2, 0.25) is 5.91 Å². The van der Waals surface area contributed by atoms with E-state index in [1.54, 1.807) is 12.1 Å². The monoisotopic (exact) mass is 402 g/mol. The first-order valence-corrected chi connectivity index (χ1v) is 11.0. The highest BCUT2D eigenvalue weighted by atomic mass is 19.1. The van der Waals surface area contributed by atoms with E-state index < -0.39 is 0 Å². The largest absolute Gasteiger partial charge is 0.370 e. The zero-order valence-corrected chi connectivity index (χ0v) is 17.0. The zero-order chi connectivity index (χ0) is 20.3. The molecule has 3 fully saturated rings. The first-order chi connectivity index (χ1) is 14.0. The van der Waals surface area contributed by atoms with Crippen LogP contribution in [0.25, 0.3) is 0 Å². The lowest BCUT2D eigenvalue weighted by Crippen LogP contribution is -2.47. The number of rotatable bonds is 5. The smallest absolute Gasteiger partial charge is 0.253 e. The van der Waals surface area contributed by atoms with Crippen LogP contribution in [-0.2, 0) is 9.53 Å².